The van der Waals surface area contributed by atoms with Gasteiger partial charge in [0, 0.05) is 18.3 Å². The molecule has 0 fully saturated rings. The van der Waals surface area contributed by atoms with E-state index < -0.39 is 0 Å². The summed E-state index contributed by atoms with van der Waals surface area (Å²) in [5.41, 5.74) is 4.08. The molecule has 2 rings (SSSR count). The predicted molar refractivity (Wildman–Crippen MR) is 61.1 cm³/mol. The summed E-state index contributed by atoms with van der Waals surface area (Å²) in [5.74, 6) is 0.824. The van der Waals surface area contributed by atoms with E-state index in [1.54, 1.807) is 17.5 Å². The first-order chi connectivity index (χ1) is 7.34. The zero-order valence-electron chi connectivity index (χ0n) is 8.47. The average molecular weight is 220 g/mol. The molecule has 15 heavy (non-hydrogen) atoms. The van der Waals surface area contributed by atoms with Gasteiger partial charge in [-0.1, -0.05) is 0 Å². The van der Waals surface area contributed by atoms with E-state index in [1.807, 2.05) is 18.5 Å². The molecule has 4 nitrogen and oxygen atoms in total. The second-order valence-electron chi connectivity index (χ2n) is 3.27. The summed E-state index contributed by atoms with van der Waals surface area (Å²) in [6.45, 7) is 2.84. The van der Waals surface area contributed by atoms with Crippen LogP contribution in [-0.4, -0.2) is 21.7 Å². The highest BCUT2D eigenvalue weighted by molar-refractivity contribution is 7.07. The first kappa shape index (κ1) is 10.0. The first-order valence-corrected chi connectivity index (χ1v) is 5.69. The Morgan fingerprint density at radius 3 is 3.13 bits per heavy atom. The summed E-state index contributed by atoms with van der Waals surface area (Å²) in [5, 5.41) is 13.1. The Hall–Kier alpha value is -1.49. The van der Waals surface area contributed by atoms with E-state index in [4.69, 9.17) is 0 Å². The van der Waals surface area contributed by atoms with Crippen molar-refractivity contribution in [1.82, 2.24) is 15.2 Å². The van der Waals surface area contributed by atoms with Gasteiger partial charge in [-0.25, -0.2) is 4.98 Å². The largest absolute Gasteiger partial charge is 0.368 e. The third-order valence-electron chi connectivity index (χ3n) is 1.96. The maximum atomic E-state index is 4.21. The molecule has 0 atom stereocenters. The van der Waals surface area contributed by atoms with Gasteiger partial charge in [0.2, 0.25) is 0 Å². The van der Waals surface area contributed by atoms with Crippen LogP contribution in [0.2, 0.25) is 0 Å². The van der Waals surface area contributed by atoms with Crippen molar-refractivity contribution in [2.45, 2.75) is 13.3 Å². The molecule has 2 aromatic heterocycles. The van der Waals surface area contributed by atoms with Crippen LogP contribution in [0.4, 0.5) is 5.82 Å². The minimum atomic E-state index is 0.824. The number of nitrogens with one attached hydrogen (secondary N) is 1. The Kier molecular flexibility index (Phi) is 3.24. The zero-order valence-corrected chi connectivity index (χ0v) is 9.29. The van der Waals surface area contributed by atoms with Crippen LogP contribution in [0.5, 0.6) is 0 Å². The molecule has 0 saturated carbocycles. The van der Waals surface area contributed by atoms with Gasteiger partial charge in [0.1, 0.15) is 5.82 Å². The Morgan fingerprint density at radius 1 is 1.47 bits per heavy atom. The van der Waals surface area contributed by atoms with Crippen molar-refractivity contribution in [3.63, 3.8) is 0 Å². The second kappa shape index (κ2) is 4.84. The number of aromatic nitrogens is 3. The summed E-state index contributed by atoms with van der Waals surface area (Å²) in [7, 11) is 0. The standard InChI is InChI=1S/C10H12N4S/c1-8-4-10(14-13-5-8)11-3-2-9-6-15-7-12-9/h4-7H,2-3H2,1H3,(H,11,14). The Labute approximate surface area is 92.4 Å². The molecule has 0 unspecified atom stereocenters. The number of hydrogen-bond donors (Lipinski definition) is 1. The predicted octanol–water partition coefficient (Wildman–Crippen LogP) is 1.90. The smallest absolute Gasteiger partial charge is 0.148 e. The van der Waals surface area contributed by atoms with Crippen LogP contribution < -0.4 is 5.32 Å². The molecule has 0 aliphatic rings. The number of hydrogen-bond acceptors (Lipinski definition) is 5. The quantitative estimate of drug-likeness (QED) is 0.855. The molecule has 78 valence electrons. The molecule has 0 aliphatic carbocycles. The average Bonchev–Trinajstić information content (AvgIpc) is 2.71. The lowest BCUT2D eigenvalue weighted by Crippen LogP contribution is -2.07. The molecule has 0 radical (unpaired) electrons. The molecule has 0 saturated heterocycles. The highest BCUT2D eigenvalue weighted by Crippen LogP contribution is 2.05. The number of anilines is 1. The van der Waals surface area contributed by atoms with Crippen LogP contribution in [0.3, 0.4) is 0 Å². The lowest BCUT2D eigenvalue weighted by molar-refractivity contribution is 0.941. The first-order valence-electron chi connectivity index (χ1n) is 4.75. The summed E-state index contributed by atoms with van der Waals surface area (Å²) >= 11 is 1.62. The van der Waals surface area contributed by atoms with Gasteiger partial charge in [-0.15, -0.1) is 16.4 Å². The maximum absolute atomic E-state index is 4.21. The molecule has 0 amide bonds. The molecule has 0 spiro atoms. The zero-order chi connectivity index (χ0) is 10.5. The summed E-state index contributed by atoms with van der Waals surface area (Å²) in [6, 6.07) is 1.98. The summed E-state index contributed by atoms with van der Waals surface area (Å²) in [6.07, 6.45) is 2.66. The van der Waals surface area contributed by atoms with Crippen molar-refractivity contribution in [1.29, 1.82) is 0 Å². The van der Waals surface area contributed by atoms with Crippen LogP contribution >= 0.6 is 11.3 Å². The van der Waals surface area contributed by atoms with Crippen LogP contribution in [-0.2, 0) is 6.42 Å². The van der Waals surface area contributed by atoms with Crippen LogP contribution in [0.25, 0.3) is 0 Å². The van der Waals surface area contributed by atoms with E-state index in [2.05, 4.69) is 25.9 Å². The van der Waals surface area contributed by atoms with Crippen LogP contribution in [0.15, 0.2) is 23.2 Å². The van der Waals surface area contributed by atoms with E-state index >= 15 is 0 Å². The number of aryl methyl sites for hydroxylation is 1. The van der Waals surface area contributed by atoms with Crippen molar-refractivity contribution in [3.8, 4) is 0 Å². The van der Waals surface area contributed by atoms with E-state index in [0.29, 0.717) is 0 Å². The molecule has 2 aromatic rings. The van der Waals surface area contributed by atoms with Crippen LogP contribution in [0, 0.1) is 6.92 Å². The molecular formula is C10H12N4S. The van der Waals surface area contributed by atoms with Crippen molar-refractivity contribution in [3.05, 3.63) is 34.4 Å². The normalized spacial score (nSPS) is 10.2. The minimum Gasteiger partial charge on any atom is -0.368 e. The van der Waals surface area contributed by atoms with E-state index in [-0.39, 0.29) is 0 Å². The van der Waals surface area contributed by atoms with Crippen LogP contribution in [0.1, 0.15) is 11.3 Å². The van der Waals surface area contributed by atoms with Crippen molar-refractivity contribution in [2.24, 2.45) is 0 Å². The second-order valence-corrected chi connectivity index (χ2v) is 3.99. The SMILES string of the molecule is Cc1cnnc(NCCc2cscn2)c1. The van der Waals surface area contributed by atoms with E-state index in [1.165, 1.54) is 0 Å². The van der Waals surface area contributed by atoms with E-state index in [9.17, 15) is 0 Å². The Bertz CT molecular complexity index is 413. The van der Waals surface area contributed by atoms with Gasteiger partial charge in [-0.3, -0.25) is 0 Å². The molecule has 0 aromatic carbocycles. The summed E-state index contributed by atoms with van der Waals surface area (Å²) in [4.78, 5) is 4.21. The maximum Gasteiger partial charge on any atom is 0.148 e. The molecule has 2 heterocycles. The van der Waals surface area contributed by atoms with Gasteiger partial charge in [-0.2, -0.15) is 5.10 Å². The van der Waals surface area contributed by atoms with E-state index in [0.717, 1.165) is 30.0 Å². The number of rotatable bonds is 4. The van der Waals surface area contributed by atoms with Gasteiger partial charge in [0.15, 0.2) is 0 Å². The molecule has 0 bridgehead atoms. The molecular weight excluding hydrogens is 208 g/mol. The van der Waals surface area contributed by atoms with Gasteiger partial charge in [0.05, 0.1) is 17.4 Å². The summed E-state index contributed by atoms with van der Waals surface area (Å²) < 4.78 is 0. The lowest BCUT2D eigenvalue weighted by atomic mass is 10.3. The number of nitrogens with zero attached hydrogens (tertiary/aromatic N) is 3. The highest BCUT2D eigenvalue weighted by Gasteiger charge is 1.97. The molecule has 5 heteroatoms. The highest BCUT2D eigenvalue weighted by atomic mass is 32.1. The molecule has 1 N–H and O–H groups in total. The Morgan fingerprint density at radius 2 is 2.40 bits per heavy atom. The molecule has 0 aliphatic heterocycles. The lowest BCUT2D eigenvalue weighted by Gasteiger charge is -2.03. The minimum absolute atomic E-state index is 0.824. The third kappa shape index (κ3) is 2.99. The van der Waals surface area contributed by atoms with Gasteiger partial charge in [-0.05, 0) is 18.6 Å². The monoisotopic (exact) mass is 220 g/mol. The van der Waals surface area contributed by atoms with Gasteiger partial charge < -0.3 is 5.32 Å². The van der Waals surface area contributed by atoms with Gasteiger partial charge in [0.25, 0.3) is 0 Å². The van der Waals surface area contributed by atoms with Gasteiger partial charge >= 0.3 is 0 Å². The fourth-order valence-electron chi connectivity index (χ4n) is 1.23. The fraction of sp³-hybridized carbons (Fsp3) is 0.300. The fourth-order valence-corrected chi connectivity index (χ4v) is 1.82. The van der Waals surface area contributed by atoms with Crippen molar-refractivity contribution < 1.29 is 0 Å². The topological polar surface area (TPSA) is 50.7 Å². The third-order valence-corrected chi connectivity index (χ3v) is 2.60. The number of thiazole rings is 1. The Balaban J connectivity index is 1.83. The van der Waals surface area contributed by atoms with Crippen molar-refractivity contribution in [2.75, 3.05) is 11.9 Å². The van der Waals surface area contributed by atoms with Crippen molar-refractivity contribution >= 4 is 17.2 Å².